The Morgan fingerprint density at radius 3 is 2.56 bits per heavy atom. The van der Waals surface area contributed by atoms with Gasteiger partial charge in [0.2, 0.25) is 0 Å². The van der Waals surface area contributed by atoms with E-state index < -0.39 is 0 Å². The Kier molecular flexibility index (Phi) is 4.33. The molecule has 1 saturated carbocycles. The van der Waals surface area contributed by atoms with E-state index in [1.807, 2.05) is 18.2 Å². The maximum absolute atomic E-state index is 9.43. The molecule has 1 fully saturated rings. The fourth-order valence-corrected chi connectivity index (χ4v) is 2.96. The highest BCUT2D eigenvalue weighted by atomic mass is 127. The van der Waals surface area contributed by atoms with Crippen LogP contribution in [0.4, 0.5) is 5.69 Å². The summed E-state index contributed by atoms with van der Waals surface area (Å²) in [4.78, 5) is 0. The highest BCUT2D eigenvalue weighted by molar-refractivity contribution is 14.1. The van der Waals surface area contributed by atoms with Gasteiger partial charge in [0, 0.05) is 9.61 Å². The van der Waals surface area contributed by atoms with Crippen molar-refractivity contribution in [2.45, 2.75) is 37.8 Å². The first-order chi connectivity index (χ1) is 7.65. The SMILES string of the molecule is OC1CCC(Nc2ccc(I)cc2Cl)CC1. The maximum Gasteiger partial charge on any atom is 0.0648 e. The van der Waals surface area contributed by atoms with E-state index in [0.717, 1.165) is 40.0 Å². The van der Waals surface area contributed by atoms with E-state index in [0.29, 0.717) is 6.04 Å². The second-order valence-electron chi connectivity index (χ2n) is 4.27. The molecule has 0 aliphatic heterocycles. The summed E-state index contributed by atoms with van der Waals surface area (Å²) in [6.45, 7) is 0. The number of rotatable bonds is 2. The van der Waals surface area contributed by atoms with Crippen LogP contribution in [0.1, 0.15) is 25.7 Å². The van der Waals surface area contributed by atoms with Gasteiger partial charge in [-0.25, -0.2) is 0 Å². The van der Waals surface area contributed by atoms with Crippen LogP contribution in [0.25, 0.3) is 0 Å². The lowest BCUT2D eigenvalue weighted by atomic mass is 9.93. The fraction of sp³-hybridized carbons (Fsp3) is 0.500. The average molecular weight is 352 g/mol. The molecule has 0 bridgehead atoms. The second-order valence-corrected chi connectivity index (χ2v) is 5.93. The molecule has 2 nitrogen and oxygen atoms in total. The summed E-state index contributed by atoms with van der Waals surface area (Å²) in [5, 5.41) is 13.7. The third-order valence-corrected chi connectivity index (χ3v) is 3.97. The third kappa shape index (κ3) is 3.25. The number of aliphatic hydroxyl groups is 1. The molecule has 0 amide bonds. The zero-order chi connectivity index (χ0) is 11.5. The number of hydrogen-bond donors (Lipinski definition) is 2. The van der Waals surface area contributed by atoms with E-state index in [1.165, 1.54) is 0 Å². The molecular weight excluding hydrogens is 336 g/mol. The van der Waals surface area contributed by atoms with Gasteiger partial charge in [0.25, 0.3) is 0 Å². The smallest absolute Gasteiger partial charge is 0.0648 e. The molecule has 0 heterocycles. The molecule has 2 N–H and O–H groups in total. The van der Waals surface area contributed by atoms with Crippen LogP contribution in [0.15, 0.2) is 18.2 Å². The molecule has 0 saturated heterocycles. The summed E-state index contributed by atoms with van der Waals surface area (Å²) in [6, 6.07) is 6.48. The van der Waals surface area contributed by atoms with Crippen molar-refractivity contribution in [3.63, 3.8) is 0 Å². The van der Waals surface area contributed by atoms with Crippen molar-refractivity contribution in [3.05, 3.63) is 26.8 Å². The van der Waals surface area contributed by atoms with Gasteiger partial charge in [-0.3, -0.25) is 0 Å². The van der Waals surface area contributed by atoms with Crippen LogP contribution in [-0.4, -0.2) is 17.3 Å². The number of nitrogens with one attached hydrogen (secondary N) is 1. The summed E-state index contributed by atoms with van der Waals surface area (Å²) in [5.41, 5.74) is 1.00. The minimum atomic E-state index is -0.106. The minimum absolute atomic E-state index is 0.106. The topological polar surface area (TPSA) is 32.3 Å². The monoisotopic (exact) mass is 351 g/mol. The quantitative estimate of drug-likeness (QED) is 0.797. The Balaban J connectivity index is 1.98. The van der Waals surface area contributed by atoms with Crippen LogP contribution in [0.2, 0.25) is 5.02 Å². The number of halogens is 2. The molecule has 4 heteroatoms. The van der Waals surface area contributed by atoms with Gasteiger partial charge in [0.05, 0.1) is 16.8 Å². The molecule has 2 rings (SSSR count). The Morgan fingerprint density at radius 2 is 1.94 bits per heavy atom. The summed E-state index contributed by atoms with van der Waals surface area (Å²) in [5.74, 6) is 0. The lowest BCUT2D eigenvalue weighted by Crippen LogP contribution is -2.28. The van der Waals surface area contributed by atoms with Crippen molar-refractivity contribution in [2.24, 2.45) is 0 Å². The molecule has 88 valence electrons. The van der Waals surface area contributed by atoms with Gasteiger partial charge in [0.15, 0.2) is 0 Å². The minimum Gasteiger partial charge on any atom is -0.393 e. The molecular formula is C12H15ClINO. The molecule has 1 aliphatic carbocycles. The standard InChI is InChI=1S/C12H15ClINO/c13-11-7-8(14)1-6-12(11)15-9-2-4-10(16)5-3-9/h1,6-7,9-10,15-16H,2-5H2. The van der Waals surface area contributed by atoms with Crippen LogP contribution in [0.5, 0.6) is 0 Å². The molecule has 16 heavy (non-hydrogen) atoms. The number of anilines is 1. The van der Waals surface area contributed by atoms with E-state index in [1.54, 1.807) is 0 Å². The van der Waals surface area contributed by atoms with Crippen LogP contribution in [0.3, 0.4) is 0 Å². The first-order valence-electron chi connectivity index (χ1n) is 5.55. The van der Waals surface area contributed by atoms with E-state index in [2.05, 4.69) is 27.9 Å². The Hall–Kier alpha value is -0.0000000000000000555. The van der Waals surface area contributed by atoms with Gasteiger partial charge < -0.3 is 10.4 Å². The van der Waals surface area contributed by atoms with Gasteiger partial charge in [0.1, 0.15) is 0 Å². The normalized spacial score (nSPS) is 25.4. The van der Waals surface area contributed by atoms with Crippen LogP contribution in [0, 0.1) is 3.57 Å². The lowest BCUT2D eigenvalue weighted by Gasteiger charge is -2.27. The van der Waals surface area contributed by atoms with Crippen LogP contribution < -0.4 is 5.32 Å². The predicted octanol–water partition coefficient (Wildman–Crippen LogP) is 3.66. The van der Waals surface area contributed by atoms with Crippen molar-refractivity contribution in [2.75, 3.05) is 5.32 Å². The molecule has 0 spiro atoms. The van der Waals surface area contributed by atoms with E-state index >= 15 is 0 Å². The summed E-state index contributed by atoms with van der Waals surface area (Å²) in [7, 11) is 0. The maximum atomic E-state index is 9.43. The van der Waals surface area contributed by atoms with E-state index in [-0.39, 0.29) is 6.10 Å². The zero-order valence-corrected chi connectivity index (χ0v) is 11.8. The van der Waals surface area contributed by atoms with E-state index in [9.17, 15) is 5.11 Å². The van der Waals surface area contributed by atoms with Crippen molar-refractivity contribution in [1.82, 2.24) is 0 Å². The number of hydrogen-bond acceptors (Lipinski definition) is 2. The number of aliphatic hydroxyl groups excluding tert-OH is 1. The largest absolute Gasteiger partial charge is 0.393 e. The molecule has 0 radical (unpaired) electrons. The van der Waals surface area contributed by atoms with Crippen molar-refractivity contribution in [3.8, 4) is 0 Å². The highest BCUT2D eigenvalue weighted by Crippen LogP contribution is 2.28. The van der Waals surface area contributed by atoms with Gasteiger partial charge >= 0.3 is 0 Å². The van der Waals surface area contributed by atoms with Gasteiger partial charge in [-0.1, -0.05) is 11.6 Å². The summed E-state index contributed by atoms with van der Waals surface area (Å²) < 4.78 is 1.15. The third-order valence-electron chi connectivity index (χ3n) is 2.99. The van der Waals surface area contributed by atoms with Crippen LogP contribution >= 0.6 is 34.2 Å². The summed E-state index contributed by atoms with van der Waals surface area (Å²) in [6.07, 6.45) is 3.71. The molecule has 0 atom stereocenters. The van der Waals surface area contributed by atoms with Gasteiger partial charge in [-0.2, -0.15) is 0 Å². The Bertz CT molecular complexity index is 364. The first kappa shape index (κ1) is 12.5. The molecule has 1 aliphatic rings. The Morgan fingerprint density at radius 1 is 1.25 bits per heavy atom. The van der Waals surface area contributed by atoms with Crippen molar-refractivity contribution in [1.29, 1.82) is 0 Å². The zero-order valence-electron chi connectivity index (χ0n) is 8.92. The first-order valence-corrected chi connectivity index (χ1v) is 7.00. The predicted molar refractivity (Wildman–Crippen MR) is 76.1 cm³/mol. The number of benzene rings is 1. The van der Waals surface area contributed by atoms with Crippen molar-refractivity contribution >= 4 is 39.9 Å². The van der Waals surface area contributed by atoms with Gasteiger partial charge in [-0.15, -0.1) is 0 Å². The highest BCUT2D eigenvalue weighted by Gasteiger charge is 2.19. The average Bonchev–Trinajstić information content (AvgIpc) is 2.25. The van der Waals surface area contributed by atoms with Gasteiger partial charge in [-0.05, 0) is 66.5 Å². The molecule has 0 aromatic heterocycles. The molecule has 1 aromatic carbocycles. The van der Waals surface area contributed by atoms with Crippen molar-refractivity contribution < 1.29 is 5.11 Å². The van der Waals surface area contributed by atoms with E-state index in [4.69, 9.17) is 11.6 Å². The van der Waals surface area contributed by atoms with Crippen LogP contribution in [-0.2, 0) is 0 Å². The summed E-state index contributed by atoms with van der Waals surface area (Å²) >= 11 is 8.41. The fourth-order valence-electron chi connectivity index (χ4n) is 2.05. The lowest BCUT2D eigenvalue weighted by molar-refractivity contribution is 0.126. The Labute approximate surface area is 115 Å². The molecule has 1 aromatic rings. The second kappa shape index (κ2) is 5.56. The molecule has 0 unspecified atom stereocenters.